The first-order valence-corrected chi connectivity index (χ1v) is 4.53. The molecule has 0 fully saturated rings. The van der Waals surface area contributed by atoms with Gasteiger partial charge >= 0.3 is 0 Å². The minimum atomic E-state index is -0.920. The van der Waals surface area contributed by atoms with E-state index in [1.807, 2.05) is 0 Å². The highest BCUT2D eigenvalue weighted by Gasteiger charge is 2.21. The third-order valence-corrected chi connectivity index (χ3v) is 2.31. The summed E-state index contributed by atoms with van der Waals surface area (Å²) in [5.41, 5.74) is 9.38. The van der Waals surface area contributed by atoms with Gasteiger partial charge in [0.05, 0.1) is 17.9 Å². The van der Waals surface area contributed by atoms with Crippen molar-refractivity contribution in [2.45, 2.75) is 32.1 Å². The summed E-state index contributed by atoms with van der Waals surface area (Å²) in [5, 5.41) is 7.54. The average molecular weight is 195 g/mol. The molecule has 0 amide bonds. The summed E-state index contributed by atoms with van der Waals surface area (Å²) in [6.45, 7) is 0.954. The van der Waals surface area contributed by atoms with Crippen LogP contribution in [-0.4, -0.2) is 9.78 Å². The van der Waals surface area contributed by atoms with Crippen molar-refractivity contribution in [2.75, 3.05) is 0 Å². The Morgan fingerprint density at radius 1 is 1.79 bits per heavy atom. The monoisotopic (exact) mass is 195 g/mol. The Kier molecular flexibility index (Phi) is 2.37. The number of hydrogen-bond donors (Lipinski definition) is 0. The van der Waals surface area contributed by atoms with Crippen molar-refractivity contribution in [3.8, 4) is 0 Å². The van der Waals surface area contributed by atoms with Gasteiger partial charge in [-0.1, -0.05) is 5.11 Å². The third kappa shape index (κ3) is 1.56. The van der Waals surface area contributed by atoms with Crippen LogP contribution in [0.2, 0.25) is 0 Å². The molecule has 1 aliphatic heterocycles. The summed E-state index contributed by atoms with van der Waals surface area (Å²) in [7, 11) is 0. The Hall–Kier alpha value is -1.55. The molecule has 0 aliphatic carbocycles. The van der Waals surface area contributed by atoms with Crippen LogP contribution in [0.1, 0.15) is 30.4 Å². The van der Waals surface area contributed by atoms with Crippen LogP contribution >= 0.6 is 0 Å². The van der Waals surface area contributed by atoms with Crippen molar-refractivity contribution in [1.29, 1.82) is 0 Å². The fourth-order valence-corrected chi connectivity index (χ4v) is 1.67. The molecule has 2 rings (SSSR count). The molecule has 0 saturated carbocycles. The van der Waals surface area contributed by atoms with Gasteiger partial charge in [0.15, 0.2) is 0 Å². The predicted molar refractivity (Wildman–Crippen MR) is 48.2 cm³/mol. The molecule has 1 aromatic rings. The summed E-state index contributed by atoms with van der Waals surface area (Å²) in [5.74, 6) is 0. The Bertz CT molecular complexity index is 379. The van der Waals surface area contributed by atoms with Crippen molar-refractivity contribution >= 4 is 0 Å². The van der Waals surface area contributed by atoms with Gasteiger partial charge in [-0.3, -0.25) is 4.68 Å². The summed E-state index contributed by atoms with van der Waals surface area (Å²) in [4.78, 5) is 2.64. The van der Waals surface area contributed by atoms with Crippen molar-refractivity contribution in [1.82, 2.24) is 9.78 Å². The minimum absolute atomic E-state index is 0.198. The topological polar surface area (TPSA) is 66.6 Å². The van der Waals surface area contributed by atoms with Gasteiger partial charge in [0.1, 0.15) is 6.17 Å². The molecule has 1 unspecified atom stereocenters. The molecule has 14 heavy (non-hydrogen) atoms. The van der Waals surface area contributed by atoms with Crippen molar-refractivity contribution in [3.05, 3.63) is 27.9 Å². The van der Waals surface area contributed by atoms with E-state index in [0.29, 0.717) is 17.8 Å². The summed E-state index contributed by atoms with van der Waals surface area (Å²) in [6.07, 6.45) is 0.458. The molecule has 74 valence electrons. The first-order valence-electron chi connectivity index (χ1n) is 4.53. The number of aryl methyl sites for hydroxylation is 1. The molecular weight excluding hydrogens is 185 g/mol. The second kappa shape index (κ2) is 3.67. The molecule has 5 nitrogen and oxygen atoms in total. The third-order valence-electron chi connectivity index (χ3n) is 2.31. The van der Waals surface area contributed by atoms with Crippen LogP contribution in [-0.2, 0) is 13.1 Å². The highest BCUT2D eigenvalue weighted by molar-refractivity contribution is 5.14. The van der Waals surface area contributed by atoms with E-state index in [0.717, 1.165) is 13.0 Å². The molecule has 2 heterocycles. The molecule has 0 spiro atoms. The Morgan fingerprint density at radius 3 is 3.36 bits per heavy atom. The lowest BCUT2D eigenvalue weighted by Crippen LogP contribution is -2.13. The second-order valence-electron chi connectivity index (χ2n) is 3.28. The van der Waals surface area contributed by atoms with Crippen LogP contribution in [0.15, 0.2) is 11.2 Å². The molecule has 1 aliphatic rings. The van der Waals surface area contributed by atoms with E-state index in [1.54, 1.807) is 10.7 Å². The lowest BCUT2D eigenvalue weighted by molar-refractivity contribution is 0.259. The summed E-state index contributed by atoms with van der Waals surface area (Å²) >= 11 is 0. The van der Waals surface area contributed by atoms with Gasteiger partial charge in [0, 0.05) is 11.5 Å². The highest BCUT2D eigenvalue weighted by Crippen LogP contribution is 2.28. The molecule has 0 aromatic carbocycles. The largest absolute Gasteiger partial charge is 0.266 e. The van der Waals surface area contributed by atoms with E-state index >= 15 is 0 Å². The first-order chi connectivity index (χ1) is 6.81. The second-order valence-corrected chi connectivity index (χ2v) is 3.28. The van der Waals surface area contributed by atoms with Gasteiger partial charge in [-0.15, -0.1) is 0 Å². The van der Waals surface area contributed by atoms with E-state index in [9.17, 15) is 4.39 Å². The maximum absolute atomic E-state index is 13.3. The number of azide groups is 1. The van der Waals surface area contributed by atoms with Crippen LogP contribution < -0.4 is 0 Å². The lowest BCUT2D eigenvalue weighted by atomic mass is 10.1. The van der Waals surface area contributed by atoms with E-state index in [1.165, 1.54) is 0 Å². The van der Waals surface area contributed by atoms with E-state index < -0.39 is 6.17 Å². The summed E-state index contributed by atoms with van der Waals surface area (Å²) in [6, 6.07) is 1.68. The summed E-state index contributed by atoms with van der Waals surface area (Å²) < 4.78 is 15.0. The van der Waals surface area contributed by atoms with Gasteiger partial charge in [0.25, 0.3) is 0 Å². The van der Waals surface area contributed by atoms with Crippen molar-refractivity contribution in [2.24, 2.45) is 5.11 Å². The SMILES string of the molecule is [N-]=[N+]=NCc1cc2n(n1)CCCC2F. The minimum Gasteiger partial charge on any atom is -0.266 e. The van der Waals surface area contributed by atoms with Gasteiger partial charge in [-0.05, 0) is 24.4 Å². The predicted octanol–water partition coefficient (Wildman–Crippen LogP) is 2.50. The number of alkyl halides is 1. The van der Waals surface area contributed by atoms with Crippen LogP contribution in [0, 0.1) is 0 Å². The number of rotatable bonds is 2. The zero-order valence-electron chi connectivity index (χ0n) is 7.60. The van der Waals surface area contributed by atoms with Crippen molar-refractivity contribution < 1.29 is 4.39 Å². The van der Waals surface area contributed by atoms with Gasteiger partial charge in [0.2, 0.25) is 0 Å². The zero-order valence-corrected chi connectivity index (χ0v) is 7.60. The van der Waals surface area contributed by atoms with Crippen LogP contribution in [0.3, 0.4) is 0 Å². The number of halogens is 1. The first kappa shape index (κ1) is 9.02. The average Bonchev–Trinajstić information content (AvgIpc) is 2.59. The molecule has 1 aromatic heterocycles. The molecule has 0 bridgehead atoms. The quantitative estimate of drug-likeness (QED) is 0.406. The van der Waals surface area contributed by atoms with E-state index in [-0.39, 0.29) is 6.54 Å². The zero-order chi connectivity index (χ0) is 9.97. The number of hydrogen-bond acceptors (Lipinski definition) is 2. The molecule has 6 heteroatoms. The van der Waals surface area contributed by atoms with Crippen LogP contribution in [0.5, 0.6) is 0 Å². The fourth-order valence-electron chi connectivity index (χ4n) is 1.67. The Labute approximate surface area is 80.2 Å². The van der Waals surface area contributed by atoms with Gasteiger partial charge in [-0.2, -0.15) is 5.10 Å². The fraction of sp³-hybridized carbons (Fsp3) is 0.625. The Morgan fingerprint density at radius 2 is 2.64 bits per heavy atom. The van der Waals surface area contributed by atoms with Gasteiger partial charge in [-0.25, -0.2) is 4.39 Å². The molecule has 0 saturated heterocycles. The number of fused-ring (bicyclic) bond motifs is 1. The maximum atomic E-state index is 13.3. The molecule has 0 N–H and O–H groups in total. The van der Waals surface area contributed by atoms with Crippen LogP contribution in [0.25, 0.3) is 10.4 Å². The lowest BCUT2D eigenvalue weighted by Gasteiger charge is -2.16. The standard InChI is InChI=1S/C8H10FN5/c9-7-2-1-3-14-8(7)4-6(12-14)5-11-13-10/h4,7H,1-3,5H2. The normalized spacial score (nSPS) is 19.9. The van der Waals surface area contributed by atoms with Crippen LogP contribution in [0.4, 0.5) is 4.39 Å². The Balaban J connectivity index is 2.25. The number of aromatic nitrogens is 2. The number of nitrogens with zero attached hydrogens (tertiary/aromatic N) is 5. The van der Waals surface area contributed by atoms with E-state index in [4.69, 9.17) is 5.53 Å². The van der Waals surface area contributed by atoms with Gasteiger partial charge < -0.3 is 0 Å². The van der Waals surface area contributed by atoms with Crippen molar-refractivity contribution in [3.63, 3.8) is 0 Å². The smallest absolute Gasteiger partial charge is 0.142 e. The highest BCUT2D eigenvalue weighted by atomic mass is 19.1. The molecule has 0 radical (unpaired) electrons. The maximum Gasteiger partial charge on any atom is 0.142 e. The van der Waals surface area contributed by atoms with E-state index in [2.05, 4.69) is 15.1 Å². The molecular formula is C8H10FN5. The molecule has 1 atom stereocenters.